The molecule has 4 heterocycles. The maximum atomic E-state index is 13.0. The molecule has 13 heteroatoms. The van der Waals surface area contributed by atoms with Gasteiger partial charge >= 0.3 is 0 Å². The molecule has 8 atom stereocenters. The lowest BCUT2D eigenvalue weighted by Crippen LogP contribution is -2.65. The summed E-state index contributed by atoms with van der Waals surface area (Å²) >= 11 is 0. The van der Waals surface area contributed by atoms with Crippen LogP contribution >= 0.6 is 0 Å². The van der Waals surface area contributed by atoms with Gasteiger partial charge in [-0.1, -0.05) is 45.4 Å². The maximum absolute atomic E-state index is 13.0. The number of aliphatic hydroxyl groups excluding tert-OH is 5. The zero-order valence-electron chi connectivity index (χ0n) is 21.2. The van der Waals surface area contributed by atoms with Gasteiger partial charge in [0.2, 0.25) is 30.4 Å². The van der Waals surface area contributed by atoms with Gasteiger partial charge in [-0.25, -0.2) is 0 Å². The summed E-state index contributed by atoms with van der Waals surface area (Å²) < 4.78 is 11.3. The number of aliphatic hydroxyl groups is 5. The fourth-order valence-electron chi connectivity index (χ4n) is 5.36. The van der Waals surface area contributed by atoms with E-state index in [4.69, 9.17) is 9.47 Å². The highest BCUT2D eigenvalue weighted by Gasteiger charge is 2.63. The number of H-pyrrole nitrogens is 1. The van der Waals surface area contributed by atoms with E-state index in [9.17, 15) is 30.3 Å². The molecule has 3 aliphatic heterocycles. The topological polar surface area (TPSA) is 190 Å². The lowest BCUT2D eigenvalue weighted by Gasteiger charge is -2.39. The Balaban J connectivity index is 1.59. The largest absolute Gasteiger partial charge is 0.394 e. The van der Waals surface area contributed by atoms with Gasteiger partial charge in [0.15, 0.2) is 6.10 Å². The average Bonchev–Trinajstić information content (AvgIpc) is 3.55. The van der Waals surface area contributed by atoms with Crippen molar-refractivity contribution in [2.24, 2.45) is 4.99 Å². The van der Waals surface area contributed by atoms with Crippen molar-refractivity contribution >= 4 is 23.8 Å². The van der Waals surface area contributed by atoms with Crippen molar-refractivity contribution in [3.63, 3.8) is 0 Å². The van der Waals surface area contributed by atoms with Crippen molar-refractivity contribution < 1.29 is 35.0 Å². The lowest BCUT2D eigenvalue weighted by atomic mass is 10.1. The molecule has 3 aliphatic rings. The van der Waals surface area contributed by atoms with Crippen molar-refractivity contribution in [3.8, 4) is 0 Å². The molecule has 0 aromatic carbocycles. The maximum Gasteiger partial charge on any atom is 0.284 e. The predicted molar refractivity (Wildman–Crippen MR) is 135 cm³/mol. The van der Waals surface area contributed by atoms with Crippen LogP contribution in [0.4, 0.5) is 17.5 Å². The third kappa shape index (κ3) is 5.45. The van der Waals surface area contributed by atoms with E-state index < -0.39 is 66.2 Å². The first-order valence-electron chi connectivity index (χ1n) is 13.3. The highest BCUT2D eigenvalue weighted by Crippen LogP contribution is 2.45. The SMILES string of the molecule is CCCCCCCCCNc1nc2c(c(=O)[nH]1)N=C[N+]2([C@@H]1C[C@H](O)[C@@H](CO)O1)[C@@H]1O[C@H](CO)[C@@H](O)[C@H]1O. The Morgan fingerprint density at radius 2 is 1.73 bits per heavy atom. The van der Waals surface area contributed by atoms with Crippen LogP contribution in [0.3, 0.4) is 0 Å². The Morgan fingerprint density at radius 1 is 1.03 bits per heavy atom. The second-order valence-corrected chi connectivity index (χ2v) is 10.1. The van der Waals surface area contributed by atoms with E-state index in [-0.39, 0.29) is 23.9 Å². The molecule has 0 spiro atoms. The van der Waals surface area contributed by atoms with Crippen LogP contribution in [0.1, 0.15) is 58.3 Å². The van der Waals surface area contributed by atoms with Crippen LogP contribution in [0.15, 0.2) is 9.79 Å². The monoisotopic (exact) mass is 526 g/mol. The predicted octanol–water partition coefficient (Wildman–Crippen LogP) is -0.180. The van der Waals surface area contributed by atoms with Crippen molar-refractivity contribution in [1.29, 1.82) is 0 Å². The quantitative estimate of drug-likeness (QED) is 0.134. The minimum Gasteiger partial charge on any atom is -0.394 e. The third-order valence-corrected chi connectivity index (χ3v) is 7.49. The Morgan fingerprint density at radius 3 is 2.38 bits per heavy atom. The van der Waals surface area contributed by atoms with Crippen LogP contribution in [0.5, 0.6) is 0 Å². The molecule has 0 bridgehead atoms. The summed E-state index contributed by atoms with van der Waals surface area (Å²) in [5.74, 6) is 0.336. The molecule has 1 aromatic rings. The molecule has 0 amide bonds. The average molecular weight is 527 g/mol. The molecule has 208 valence electrons. The highest BCUT2D eigenvalue weighted by molar-refractivity contribution is 5.87. The van der Waals surface area contributed by atoms with Crippen LogP contribution < -0.4 is 15.4 Å². The Hall–Kier alpha value is -1.97. The molecule has 7 N–H and O–H groups in total. The number of hydrogen-bond acceptors (Lipinski definition) is 11. The Bertz CT molecular complexity index is 992. The van der Waals surface area contributed by atoms with Gasteiger partial charge < -0.3 is 40.3 Å². The van der Waals surface area contributed by atoms with Gasteiger partial charge in [0.1, 0.15) is 18.3 Å². The van der Waals surface area contributed by atoms with E-state index in [2.05, 4.69) is 27.2 Å². The summed E-state index contributed by atoms with van der Waals surface area (Å²) in [5, 5.41) is 54.3. The standard InChI is InChI=1S/C24H39N5O8/c1-2-3-4-5-6-7-8-9-25-24-27-21-18(22(35)28-24)26-13-29(21,17-10-14(32)15(11-30)36-17)23-20(34)19(33)16(12-31)37-23/h13-17,19-20,23,30-34H,2-12H2,1H3,(H-,25,27,28,35)/p+1/t14-,15+,16+,17-,19+,20+,23+,29?/m0/s1. The van der Waals surface area contributed by atoms with Gasteiger partial charge in [0.05, 0.1) is 25.7 Å². The number of rotatable bonds is 13. The molecule has 0 aliphatic carbocycles. The molecular formula is C24H40N5O8+. The number of fused-ring (bicyclic) bond motifs is 1. The Kier molecular flexibility index (Phi) is 9.29. The fraction of sp³-hybridized carbons (Fsp3) is 0.792. The number of unbranched alkanes of at least 4 members (excludes halogenated alkanes) is 6. The summed E-state index contributed by atoms with van der Waals surface area (Å²) in [6.07, 6.45) is 1.30. The first-order valence-corrected chi connectivity index (χ1v) is 13.3. The minimum atomic E-state index is -1.48. The second kappa shape index (κ2) is 12.3. The van der Waals surface area contributed by atoms with Gasteiger partial charge in [-0.2, -0.15) is 14.5 Å². The number of aromatic amines is 1. The van der Waals surface area contributed by atoms with Crippen LogP contribution in [-0.2, 0) is 9.47 Å². The van der Waals surface area contributed by atoms with Gasteiger partial charge in [0.25, 0.3) is 11.4 Å². The summed E-state index contributed by atoms with van der Waals surface area (Å²) in [7, 11) is 0. The molecule has 4 rings (SSSR count). The van der Waals surface area contributed by atoms with Crippen molar-refractivity contribution in [2.75, 3.05) is 25.1 Å². The van der Waals surface area contributed by atoms with E-state index >= 15 is 0 Å². The van der Waals surface area contributed by atoms with Gasteiger partial charge in [0, 0.05) is 6.54 Å². The number of aromatic nitrogens is 2. The van der Waals surface area contributed by atoms with Crippen molar-refractivity contribution in [3.05, 3.63) is 10.4 Å². The number of ether oxygens (including phenoxy) is 2. The van der Waals surface area contributed by atoms with Crippen LogP contribution in [0, 0.1) is 0 Å². The van der Waals surface area contributed by atoms with Crippen molar-refractivity contribution in [2.45, 2.75) is 101 Å². The smallest absolute Gasteiger partial charge is 0.284 e. The molecule has 37 heavy (non-hydrogen) atoms. The highest BCUT2D eigenvalue weighted by atomic mass is 16.6. The van der Waals surface area contributed by atoms with Crippen LogP contribution in [0.25, 0.3) is 0 Å². The normalized spacial score (nSPS) is 34.8. The van der Waals surface area contributed by atoms with Gasteiger partial charge in [-0.15, -0.1) is 0 Å². The summed E-state index contributed by atoms with van der Waals surface area (Å²) in [6.45, 7) is 1.80. The van der Waals surface area contributed by atoms with Crippen LogP contribution in [0.2, 0.25) is 0 Å². The first kappa shape index (κ1) is 28.0. The second-order valence-electron chi connectivity index (χ2n) is 10.1. The van der Waals surface area contributed by atoms with E-state index in [0.717, 1.165) is 19.3 Å². The number of hydrogen-bond donors (Lipinski definition) is 7. The van der Waals surface area contributed by atoms with Crippen molar-refractivity contribution in [1.82, 2.24) is 14.5 Å². The lowest BCUT2D eigenvalue weighted by molar-refractivity contribution is -0.133. The number of anilines is 1. The number of aliphatic imine (C=N–C) groups is 1. The molecule has 0 saturated carbocycles. The summed E-state index contributed by atoms with van der Waals surface area (Å²) in [5.41, 5.74) is -0.517. The minimum absolute atomic E-state index is 0.00949. The number of nitrogens with one attached hydrogen (secondary N) is 2. The number of nitrogens with zero attached hydrogens (tertiary/aromatic N) is 3. The molecule has 2 saturated heterocycles. The first-order chi connectivity index (χ1) is 17.9. The zero-order valence-corrected chi connectivity index (χ0v) is 21.2. The van der Waals surface area contributed by atoms with E-state index in [1.807, 2.05) is 0 Å². The molecular weight excluding hydrogens is 486 g/mol. The fourth-order valence-corrected chi connectivity index (χ4v) is 5.36. The zero-order chi connectivity index (χ0) is 26.6. The molecule has 2 fully saturated rings. The van der Waals surface area contributed by atoms with E-state index in [1.165, 1.54) is 32.0 Å². The molecule has 1 aromatic heterocycles. The van der Waals surface area contributed by atoms with Crippen LogP contribution in [-0.4, -0.2) is 105 Å². The summed E-state index contributed by atoms with van der Waals surface area (Å²) in [4.78, 5) is 24.5. The number of quaternary nitrogens is 1. The molecule has 1 unspecified atom stereocenters. The van der Waals surface area contributed by atoms with E-state index in [1.54, 1.807) is 0 Å². The molecule has 13 nitrogen and oxygen atoms in total. The molecule has 0 radical (unpaired) electrons. The third-order valence-electron chi connectivity index (χ3n) is 7.49. The summed E-state index contributed by atoms with van der Waals surface area (Å²) in [6, 6.07) is 0. The van der Waals surface area contributed by atoms with E-state index in [0.29, 0.717) is 6.54 Å². The van der Waals surface area contributed by atoms with Gasteiger partial charge in [-0.3, -0.25) is 9.78 Å². The Labute approximate surface area is 215 Å². The van der Waals surface area contributed by atoms with Gasteiger partial charge in [-0.05, 0) is 6.42 Å².